The Bertz CT molecular complexity index is 827. The minimum Gasteiger partial charge on any atom is -0.491 e. The van der Waals surface area contributed by atoms with Crippen molar-refractivity contribution >= 4 is 16.1 Å². The first-order valence-corrected chi connectivity index (χ1v) is 11.4. The number of hydrogen-bond acceptors (Lipinski definition) is 8. The van der Waals surface area contributed by atoms with Crippen LogP contribution < -0.4 is 20.1 Å². The number of benzene rings is 1. The van der Waals surface area contributed by atoms with Crippen LogP contribution in [0.1, 0.15) is 19.3 Å². The molecule has 2 heterocycles. The van der Waals surface area contributed by atoms with Gasteiger partial charge in [-0.2, -0.15) is 0 Å². The third kappa shape index (κ3) is 6.05. The molecule has 0 bridgehead atoms. The molecule has 1 aromatic rings. The molecule has 2 atom stereocenters. The second-order valence-corrected chi connectivity index (χ2v) is 9.42. The molecule has 2 fully saturated rings. The van der Waals surface area contributed by atoms with Crippen LogP contribution in [0.5, 0.6) is 5.75 Å². The van der Waals surface area contributed by atoms with Crippen LogP contribution in [0.2, 0.25) is 0 Å². The largest absolute Gasteiger partial charge is 0.491 e. The molecule has 0 aliphatic carbocycles. The van der Waals surface area contributed by atoms with E-state index in [1.54, 1.807) is 6.07 Å². The fraction of sp³-hybridized carbons (Fsp3) is 0.632. The molecule has 11 heteroatoms. The summed E-state index contributed by atoms with van der Waals surface area (Å²) in [5.41, 5.74) is -0.161. The first-order chi connectivity index (χ1) is 14.3. The quantitative estimate of drug-likeness (QED) is 0.440. The zero-order valence-electron chi connectivity index (χ0n) is 16.9. The standard InChI is InChI=1S/C19H29N3O7S/c1-20-30(25,26)17-4-2-3-16(9-17)27-12-15(23)13-28-18(24)22-14-10-19(29-11-14)5-7-21-8-6-19/h2-4,9,14-15,20-21,23H,5-8,10-13H2,1H3,(H,22,24)/t14-,15?/m1/s1. The number of piperidine rings is 1. The first kappa shape index (κ1) is 22.8. The summed E-state index contributed by atoms with van der Waals surface area (Å²) in [5, 5.41) is 16.1. The van der Waals surface area contributed by atoms with Gasteiger partial charge >= 0.3 is 6.09 Å². The Balaban J connectivity index is 1.38. The van der Waals surface area contributed by atoms with Crippen molar-refractivity contribution in [3.63, 3.8) is 0 Å². The lowest BCUT2D eigenvalue weighted by Gasteiger charge is -2.32. The summed E-state index contributed by atoms with van der Waals surface area (Å²) < 4.78 is 42.3. The van der Waals surface area contributed by atoms with E-state index >= 15 is 0 Å². The van der Waals surface area contributed by atoms with Crippen LogP contribution in [0.3, 0.4) is 0 Å². The van der Waals surface area contributed by atoms with Crippen LogP contribution in [-0.2, 0) is 19.5 Å². The topological polar surface area (TPSA) is 135 Å². The van der Waals surface area contributed by atoms with Gasteiger partial charge in [0.15, 0.2) is 0 Å². The SMILES string of the molecule is CNS(=O)(=O)c1cccc(OCC(O)COC(=O)N[C@H]2COC3(CCNCC3)C2)c1. The van der Waals surface area contributed by atoms with E-state index in [0.29, 0.717) is 6.61 Å². The summed E-state index contributed by atoms with van der Waals surface area (Å²) in [5.74, 6) is 0.283. The van der Waals surface area contributed by atoms with Crippen molar-refractivity contribution in [2.24, 2.45) is 0 Å². The average Bonchev–Trinajstić information content (AvgIpc) is 3.12. The molecule has 10 nitrogen and oxygen atoms in total. The lowest BCUT2D eigenvalue weighted by Crippen LogP contribution is -2.43. The maximum absolute atomic E-state index is 12.0. The van der Waals surface area contributed by atoms with Crippen molar-refractivity contribution < 1.29 is 32.5 Å². The van der Waals surface area contributed by atoms with Crippen LogP contribution in [0.15, 0.2) is 29.2 Å². The summed E-state index contributed by atoms with van der Waals surface area (Å²) in [6.07, 6.45) is 0.924. The predicted octanol–water partition coefficient (Wildman–Crippen LogP) is -0.0283. The number of amides is 1. The van der Waals surface area contributed by atoms with Gasteiger partial charge in [0.1, 0.15) is 25.1 Å². The van der Waals surface area contributed by atoms with E-state index in [4.69, 9.17) is 14.2 Å². The van der Waals surface area contributed by atoms with Gasteiger partial charge in [-0.15, -0.1) is 0 Å². The van der Waals surface area contributed by atoms with Gasteiger partial charge in [-0.05, 0) is 51.5 Å². The van der Waals surface area contributed by atoms with Crippen LogP contribution in [-0.4, -0.2) is 77.3 Å². The minimum absolute atomic E-state index is 0.0536. The Morgan fingerprint density at radius 3 is 2.87 bits per heavy atom. The number of hydrogen-bond donors (Lipinski definition) is 4. The van der Waals surface area contributed by atoms with Crippen molar-refractivity contribution in [1.29, 1.82) is 0 Å². The monoisotopic (exact) mass is 443 g/mol. The minimum atomic E-state index is -3.59. The van der Waals surface area contributed by atoms with Crippen molar-refractivity contribution in [1.82, 2.24) is 15.4 Å². The number of nitrogens with one attached hydrogen (secondary N) is 3. The van der Waals surface area contributed by atoms with Gasteiger partial charge in [0, 0.05) is 6.07 Å². The van der Waals surface area contributed by atoms with Gasteiger partial charge in [-0.3, -0.25) is 0 Å². The van der Waals surface area contributed by atoms with E-state index < -0.39 is 22.2 Å². The molecule has 1 amide bonds. The lowest BCUT2D eigenvalue weighted by atomic mass is 9.88. The Labute approximate surface area is 176 Å². The average molecular weight is 444 g/mol. The Morgan fingerprint density at radius 2 is 2.13 bits per heavy atom. The number of sulfonamides is 1. The third-order valence-electron chi connectivity index (χ3n) is 5.28. The zero-order valence-corrected chi connectivity index (χ0v) is 17.7. The molecule has 1 spiro atoms. The fourth-order valence-corrected chi connectivity index (χ4v) is 4.40. The second-order valence-electron chi connectivity index (χ2n) is 7.54. The molecule has 2 aliphatic heterocycles. The van der Waals surface area contributed by atoms with Gasteiger partial charge < -0.3 is 30.0 Å². The molecule has 1 unspecified atom stereocenters. The van der Waals surface area contributed by atoms with E-state index in [1.807, 2.05) is 0 Å². The summed E-state index contributed by atoms with van der Waals surface area (Å²) in [6, 6.07) is 5.78. The van der Waals surface area contributed by atoms with E-state index in [2.05, 4.69) is 15.4 Å². The fourth-order valence-electron chi connectivity index (χ4n) is 3.64. The summed E-state index contributed by atoms with van der Waals surface area (Å²) in [6.45, 7) is 1.87. The molecule has 3 rings (SSSR count). The number of rotatable bonds is 8. The predicted molar refractivity (Wildman–Crippen MR) is 108 cm³/mol. The van der Waals surface area contributed by atoms with Gasteiger partial charge in [-0.1, -0.05) is 6.07 Å². The highest BCUT2D eigenvalue weighted by molar-refractivity contribution is 7.89. The Kier molecular flexibility index (Phi) is 7.53. The second kappa shape index (κ2) is 9.92. The van der Waals surface area contributed by atoms with Crippen LogP contribution >= 0.6 is 0 Å². The zero-order chi connectivity index (χ0) is 21.6. The number of aliphatic hydroxyl groups is 1. The summed E-state index contributed by atoms with van der Waals surface area (Å²) in [4.78, 5) is 12.1. The highest BCUT2D eigenvalue weighted by atomic mass is 32.2. The number of aliphatic hydroxyl groups excluding tert-OH is 1. The van der Waals surface area contributed by atoms with E-state index in [1.165, 1.54) is 25.2 Å². The summed E-state index contributed by atoms with van der Waals surface area (Å²) in [7, 11) is -2.27. The summed E-state index contributed by atoms with van der Waals surface area (Å²) >= 11 is 0. The number of carbonyl (C=O) groups is 1. The van der Waals surface area contributed by atoms with Crippen molar-refractivity contribution in [3.8, 4) is 5.75 Å². The van der Waals surface area contributed by atoms with Crippen molar-refractivity contribution in [2.45, 2.75) is 41.9 Å². The molecular formula is C19H29N3O7S. The third-order valence-corrected chi connectivity index (χ3v) is 6.69. The maximum Gasteiger partial charge on any atom is 0.407 e. The first-order valence-electron chi connectivity index (χ1n) is 9.94. The molecular weight excluding hydrogens is 414 g/mol. The maximum atomic E-state index is 12.0. The smallest absolute Gasteiger partial charge is 0.407 e. The highest BCUT2D eigenvalue weighted by Crippen LogP contribution is 2.33. The molecule has 2 saturated heterocycles. The van der Waals surface area contributed by atoms with Gasteiger partial charge in [-0.25, -0.2) is 17.9 Å². The van der Waals surface area contributed by atoms with Crippen LogP contribution in [0, 0.1) is 0 Å². The normalized spacial score (nSPS) is 21.9. The van der Waals surface area contributed by atoms with Crippen molar-refractivity contribution in [2.75, 3.05) is 40.0 Å². The molecule has 168 valence electrons. The van der Waals surface area contributed by atoms with Gasteiger partial charge in [0.05, 0.1) is 23.1 Å². The molecule has 0 radical (unpaired) electrons. The Morgan fingerprint density at radius 1 is 1.37 bits per heavy atom. The number of ether oxygens (including phenoxy) is 3. The number of carbonyl (C=O) groups excluding carboxylic acids is 1. The molecule has 0 saturated carbocycles. The van der Waals surface area contributed by atoms with E-state index in [9.17, 15) is 18.3 Å². The lowest BCUT2D eigenvalue weighted by molar-refractivity contribution is -0.0194. The molecule has 1 aromatic carbocycles. The van der Waals surface area contributed by atoms with E-state index in [-0.39, 0.29) is 35.5 Å². The van der Waals surface area contributed by atoms with Gasteiger partial charge in [0.25, 0.3) is 0 Å². The van der Waals surface area contributed by atoms with E-state index in [0.717, 1.165) is 32.4 Å². The van der Waals surface area contributed by atoms with Crippen LogP contribution in [0.25, 0.3) is 0 Å². The molecule has 0 aromatic heterocycles. The highest BCUT2D eigenvalue weighted by Gasteiger charge is 2.41. The number of alkyl carbamates (subject to hydrolysis) is 1. The molecule has 30 heavy (non-hydrogen) atoms. The van der Waals surface area contributed by atoms with Gasteiger partial charge in [0.2, 0.25) is 10.0 Å². The molecule has 4 N–H and O–H groups in total. The molecule has 2 aliphatic rings. The van der Waals surface area contributed by atoms with Crippen LogP contribution in [0.4, 0.5) is 4.79 Å². The Hall–Kier alpha value is -1.92. The van der Waals surface area contributed by atoms with Crippen molar-refractivity contribution in [3.05, 3.63) is 24.3 Å².